The maximum atomic E-state index is 12.9. The molecule has 1 aromatic heterocycles. The quantitative estimate of drug-likeness (QED) is 0.132. The lowest BCUT2D eigenvalue weighted by Crippen LogP contribution is -2.28. The van der Waals surface area contributed by atoms with Gasteiger partial charge in [-0.2, -0.15) is 0 Å². The number of carbonyl (C=O) groups is 3. The Kier molecular flexibility index (Phi) is 6.46. The highest BCUT2D eigenvalue weighted by atomic mass is 32.1. The summed E-state index contributed by atoms with van der Waals surface area (Å²) < 4.78 is 18.7. The fourth-order valence-corrected chi connectivity index (χ4v) is 5.49. The van der Waals surface area contributed by atoms with Gasteiger partial charge in [-0.05, 0) is 44.4 Å². The van der Waals surface area contributed by atoms with Gasteiger partial charge in [0.25, 0.3) is 0 Å². The van der Waals surface area contributed by atoms with Gasteiger partial charge >= 0.3 is 17.9 Å². The molecular formula is C31H24O6S. The van der Waals surface area contributed by atoms with Crippen LogP contribution in [-0.4, -0.2) is 24.0 Å². The second-order valence-corrected chi connectivity index (χ2v) is 10.2. The van der Waals surface area contributed by atoms with Gasteiger partial charge in [-0.1, -0.05) is 55.6 Å². The minimum Gasteiger partial charge on any atom is -0.447 e. The Labute approximate surface area is 222 Å². The molecule has 0 aliphatic heterocycles. The lowest BCUT2D eigenvalue weighted by Gasteiger charge is -2.14. The first-order chi connectivity index (χ1) is 18.2. The number of benzene rings is 4. The zero-order valence-electron chi connectivity index (χ0n) is 21.1. The SMILES string of the molecule is C=C(C)C(=O)Oc1cc2c(sc3ccc4cccc(OC(=O)C(C)OC(=O)C(=C)C)c4c32)c2ccccc12. The predicted molar refractivity (Wildman–Crippen MR) is 151 cm³/mol. The molecule has 0 amide bonds. The molecule has 6 nitrogen and oxygen atoms in total. The van der Waals surface area contributed by atoms with Crippen LogP contribution in [0.15, 0.2) is 85.0 Å². The normalized spacial score (nSPS) is 12.0. The van der Waals surface area contributed by atoms with Gasteiger partial charge in [0.2, 0.25) is 0 Å². The Morgan fingerprint density at radius 2 is 1.47 bits per heavy atom. The van der Waals surface area contributed by atoms with Crippen LogP contribution in [-0.2, 0) is 19.1 Å². The van der Waals surface area contributed by atoms with E-state index < -0.39 is 24.0 Å². The van der Waals surface area contributed by atoms with Crippen molar-refractivity contribution in [3.8, 4) is 11.5 Å². The van der Waals surface area contributed by atoms with Crippen LogP contribution in [0.1, 0.15) is 20.8 Å². The van der Waals surface area contributed by atoms with Crippen molar-refractivity contribution in [3.63, 3.8) is 0 Å². The molecule has 38 heavy (non-hydrogen) atoms. The predicted octanol–water partition coefficient (Wildman–Crippen LogP) is 7.26. The third-order valence-electron chi connectivity index (χ3n) is 6.13. The number of esters is 3. The van der Waals surface area contributed by atoms with Crippen LogP contribution in [0.2, 0.25) is 0 Å². The molecule has 4 aromatic carbocycles. The highest BCUT2D eigenvalue weighted by molar-refractivity contribution is 7.27. The van der Waals surface area contributed by atoms with Crippen molar-refractivity contribution in [2.24, 2.45) is 0 Å². The van der Waals surface area contributed by atoms with E-state index >= 15 is 0 Å². The first-order valence-corrected chi connectivity index (χ1v) is 12.7. The standard InChI is InChI=1S/C31H24O6S/c1-16(2)29(32)35-18(5)31(34)36-23-12-8-9-19-13-14-25-27(26(19)23)22-15-24(37-30(33)17(3)4)20-10-6-7-11-21(20)28(22)38-25/h6-15,18H,1,3H2,2,4-5H3. The van der Waals surface area contributed by atoms with Gasteiger partial charge in [0.1, 0.15) is 11.5 Å². The van der Waals surface area contributed by atoms with E-state index in [-0.39, 0.29) is 5.57 Å². The van der Waals surface area contributed by atoms with Crippen molar-refractivity contribution >= 4 is 71.0 Å². The van der Waals surface area contributed by atoms with Crippen LogP contribution in [0.4, 0.5) is 0 Å². The monoisotopic (exact) mass is 524 g/mol. The number of thiophene rings is 1. The number of ether oxygens (including phenoxy) is 3. The summed E-state index contributed by atoms with van der Waals surface area (Å²) in [5.41, 5.74) is 0.488. The number of carbonyl (C=O) groups excluding carboxylic acids is 3. The molecule has 1 unspecified atom stereocenters. The average Bonchev–Trinajstić information content (AvgIpc) is 3.27. The van der Waals surface area contributed by atoms with Gasteiger partial charge in [0.05, 0.1) is 0 Å². The summed E-state index contributed by atoms with van der Waals surface area (Å²) in [7, 11) is 0. The summed E-state index contributed by atoms with van der Waals surface area (Å²) in [5, 5.41) is 5.09. The van der Waals surface area contributed by atoms with Crippen LogP contribution in [0.3, 0.4) is 0 Å². The van der Waals surface area contributed by atoms with E-state index in [9.17, 15) is 14.4 Å². The molecule has 1 heterocycles. The lowest BCUT2D eigenvalue weighted by atomic mass is 10.0. The maximum Gasteiger partial charge on any atom is 0.352 e. The van der Waals surface area contributed by atoms with E-state index in [4.69, 9.17) is 14.2 Å². The van der Waals surface area contributed by atoms with Gasteiger partial charge in [-0.15, -0.1) is 11.3 Å². The molecule has 1 atom stereocenters. The van der Waals surface area contributed by atoms with Gasteiger partial charge in [0, 0.05) is 47.5 Å². The van der Waals surface area contributed by atoms with E-state index in [1.165, 1.54) is 13.8 Å². The highest BCUT2D eigenvalue weighted by Gasteiger charge is 2.23. The highest BCUT2D eigenvalue weighted by Crippen LogP contribution is 2.46. The molecule has 0 saturated heterocycles. The fourth-order valence-electron chi connectivity index (χ4n) is 4.26. The number of rotatable bonds is 6. The second-order valence-electron chi connectivity index (χ2n) is 9.11. The Hall–Kier alpha value is -4.49. The second kappa shape index (κ2) is 9.76. The largest absolute Gasteiger partial charge is 0.447 e. The fraction of sp³-hybridized carbons (Fsp3) is 0.129. The zero-order valence-corrected chi connectivity index (χ0v) is 21.9. The van der Waals surface area contributed by atoms with Crippen molar-refractivity contribution in [2.75, 3.05) is 0 Å². The zero-order chi connectivity index (χ0) is 27.1. The van der Waals surface area contributed by atoms with Crippen LogP contribution in [0, 0.1) is 0 Å². The first-order valence-electron chi connectivity index (χ1n) is 11.9. The van der Waals surface area contributed by atoms with E-state index in [2.05, 4.69) is 13.2 Å². The smallest absolute Gasteiger partial charge is 0.352 e. The van der Waals surface area contributed by atoms with E-state index in [1.807, 2.05) is 48.5 Å². The summed E-state index contributed by atoms with van der Waals surface area (Å²) >= 11 is 1.61. The van der Waals surface area contributed by atoms with Gasteiger partial charge < -0.3 is 14.2 Å². The minimum atomic E-state index is -1.12. The molecule has 0 N–H and O–H groups in total. The summed E-state index contributed by atoms with van der Waals surface area (Å²) in [6, 6.07) is 19.0. The van der Waals surface area contributed by atoms with Gasteiger partial charge in [-0.3, -0.25) is 0 Å². The minimum absolute atomic E-state index is 0.191. The van der Waals surface area contributed by atoms with Crippen LogP contribution in [0.5, 0.6) is 11.5 Å². The maximum absolute atomic E-state index is 12.9. The molecule has 0 spiro atoms. The number of hydrogen-bond acceptors (Lipinski definition) is 7. The molecule has 0 bridgehead atoms. The van der Waals surface area contributed by atoms with Crippen molar-refractivity contribution < 1.29 is 28.6 Å². The molecule has 0 saturated carbocycles. The van der Waals surface area contributed by atoms with Crippen molar-refractivity contribution in [1.82, 2.24) is 0 Å². The molecule has 190 valence electrons. The van der Waals surface area contributed by atoms with Gasteiger partial charge in [0.15, 0.2) is 6.10 Å². The molecule has 0 aliphatic rings. The van der Waals surface area contributed by atoms with Crippen molar-refractivity contribution in [3.05, 3.63) is 85.0 Å². The Bertz CT molecular complexity index is 1830. The third kappa shape index (κ3) is 4.41. The number of fused-ring (bicyclic) bond motifs is 7. The van der Waals surface area contributed by atoms with Crippen molar-refractivity contribution in [2.45, 2.75) is 26.9 Å². The Morgan fingerprint density at radius 3 is 2.18 bits per heavy atom. The average molecular weight is 525 g/mol. The summed E-state index contributed by atoms with van der Waals surface area (Å²) in [4.78, 5) is 37.2. The van der Waals surface area contributed by atoms with E-state index in [0.717, 1.165) is 41.7 Å². The molecular weight excluding hydrogens is 500 g/mol. The molecule has 5 rings (SSSR count). The van der Waals surface area contributed by atoms with Crippen LogP contribution >= 0.6 is 11.3 Å². The number of hydrogen-bond donors (Lipinski definition) is 0. The molecule has 7 heteroatoms. The molecule has 0 radical (unpaired) electrons. The van der Waals surface area contributed by atoms with Crippen LogP contribution in [0.25, 0.3) is 41.7 Å². The molecule has 0 aliphatic carbocycles. The molecule has 5 aromatic rings. The lowest BCUT2D eigenvalue weighted by molar-refractivity contribution is -0.158. The Morgan fingerprint density at radius 1 is 0.763 bits per heavy atom. The molecule has 0 fully saturated rings. The topological polar surface area (TPSA) is 78.9 Å². The van der Waals surface area contributed by atoms with Crippen molar-refractivity contribution in [1.29, 1.82) is 0 Å². The summed E-state index contributed by atoms with van der Waals surface area (Å²) in [5.74, 6) is -1.11. The van der Waals surface area contributed by atoms with Crippen LogP contribution < -0.4 is 9.47 Å². The van der Waals surface area contributed by atoms with E-state index in [0.29, 0.717) is 17.1 Å². The summed E-state index contributed by atoms with van der Waals surface area (Å²) in [6.45, 7) is 11.8. The Balaban J connectivity index is 1.72. The van der Waals surface area contributed by atoms with Gasteiger partial charge in [-0.25, -0.2) is 14.4 Å². The third-order valence-corrected chi connectivity index (χ3v) is 7.34. The summed E-state index contributed by atoms with van der Waals surface area (Å²) in [6.07, 6.45) is -1.12. The van der Waals surface area contributed by atoms with E-state index in [1.54, 1.807) is 30.4 Å². The first kappa shape index (κ1) is 25.2.